The number of benzene rings is 1. The quantitative estimate of drug-likeness (QED) is 0.902. The minimum atomic E-state index is 0.152. The predicted octanol–water partition coefficient (Wildman–Crippen LogP) is 2.87. The average Bonchev–Trinajstić information content (AvgIpc) is 3.01. The third-order valence-corrected chi connectivity index (χ3v) is 3.41. The molecule has 0 radical (unpaired) electrons. The van der Waals surface area contributed by atoms with Crippen LogP contribution in [0.5, 0.6) is 5.75 Å². The third-order valence-electron chi connectivity index (χ3n) is 2.69. The van der Waals surface area contributed by atoms with Gasteiger partial charge in [-0.25, -0.2) is 0 Å². The lowest BCUT2D eigenvalue weighted by Crippen LogP contribution is -2.13. The monoisotopic (exact) mass is 255 g/mol. The van der Waals surface area contributed by atoms with Gasteiger partial charge in [0.2, 0.25) is 0 Å². The molecule has 1 atom stereocenters. The Labute approximate surface area is 92.6 Å². The maximum absolute atomic E-state index is 6.14. The zero-order valence-corrected chi connectivity index (χ0v) is 9.75. The molecule has 0 unspecified atom stereocenters. The molecule has 1 saturated carbocycles. The molecule has 1 aliphatic rings. The van der Waals surface area contributed by atoms with E-state index in [4.69, 9.17) is 10.5 Å². The van der Waals surface area contributed by atoms with Crippen molar-refractivity contribution < 1.29 is 4.74 Å². The van der Waals surface area contributed by atoms with Crippen LogP contribution in [0.2, 0.25) is 0 Å². The van der Waals surface area contributed by atoms with Crippen molar-refractivity contribution in [3.63, 3.8) is 0 Å². The lowest BCUT2D eigenvalue weighted by atomic mass is 10.0. The van der Waals surface area contributed by atoms with E-state index in [2.05, 4.69) is 15.9 Å². The average molecular weight is 256 g/mol. The molecule has 1 aromatic carbocycles. The lowest BCUT2D eigenvalue weighted by molar-refractivity contribution is 0.413. The van der Waals surface area contributed by atoms with E-state index in [1.54, 1.807) is 7.11 Å². The van der Waals surface area contributed by atoms with Gasteiger partial charge in [-0.05, 0) is 42.5 Å². The Morgan fingerprint density at radius 2 is 2.21 bits per heavy atom. The van der Waals surface area contributed by atoms with Crippen LogP contribution in [0.3, 0.4) is 0 Å². The summed E-state index contributed by atoms with van der Waals surface area (Å²) >= 11 is 3.52. The van der Waals surface area contributed by atoms with Gasteiger partial charge in [-0.3, -0.25) is 0 Å². The van der Waals surface area contributed by atoms with E-state index in [1.165, 1.54) is 12.8 Å². The van der Waals surface area contributed by atoms with Crippen molar-refractivity contribution in [1.29, 1.82) is 0 Å². The van der Waals surface area contributed by atoms with Crippen LogP contribution < -0.4 is 10.5 Å². The molecule has 1 aliphatic carbocycles. The number of halogens is 1. The summed E-state index contributed by atoms with van der Waals surface area (Å²) in [4.78, 5) is 0. The van der Waals surface area contributed by atoms with Crippen LogP contribution in [0, 0.1) is 5.92 Å². The first-order chi connectivity index (χ1) is 6.72. The first-order valence-corrected chi connectivity index (χ1v) is 5.60. The van der Waals surface area contributed by atoms with Gasteiger partial charge in [0, 0.05) is 10.5 Å². The van der Waals surface area contributed by atoms with Crippen LogP contribution in [0.1, 0.15) is 24.4 Å². The SMILES string of the molecule is COc1ccc(Br)c([C@@H](N)C2CC2)c1. The summed E-state index contributed by atoms with van der Waals surface area (Å²) in [5.41, 5.74) is 7.30. The number of rotatable bonds is 3. The van der Waals surface area contributed by atoms with E-state index in [1.807, 2.05) is 18.2 Å². The van der Waals surface area contributed by atoms with Crippen molar-refractivity contribution in [1.82, 2.24) is 0 Å². The highest BCUT2D eigenvalue weighted by molar-refractivity contribution is 9.10. The molecule has 14 heavy (non-hydrogen) atoms. The maximum Gasteiger partial charge on any atom is 0.119 e. The largest absolute Gasteiger partial charge is 0.497 e. The van der Waals surface area contributed by atoms with E-state index in [0.717, 1.165) is 15.8 Å². The second kappa shape index (κ2) is 3.91. The Bertz CT molecular complexity index is 336. The Hall–Kier alpha value is -0.540. The van der Waals surface area contributed by atoms with E-state index in [-0.39, 0.29) is 6.04 Å². The van der Waals surface area contributed by atoms with E-state index in [0.29, 0.717) is 5.92 Å². The van der Waals surface area contributed by atoms with Gasteiger partial charge in [0.05, 0.1) is 7.11 Å². The minimum Gasteiger partial charge on any atom is -0.497 e. The summed E-state index contributed by atoms with van der Waals surface area (Å²) in [6, 6.07) is 6.11. The van der Waals surface area contributed by atoms with Gasteiger partial charge < -0.3 is 10.5 Å². The van der Waals surface area contributed by atoms with Gasteiger partial charge in [-0.2, -0.15) is 0 Å². The van der Waals surface area contributed by atoms with Crippen molar-refractivity contribution >= 4 is 15.9 Å². The second-order valence-electron chi connectivity index (χ2n) is 3.75. The van der Waals surface area contributed by atoms with Gasteiger partial charge in [-0.1, -0.05) is 15.9 Å². The maximum atomic E-state index is 6.14. The van der Waals surface area contributed by atoms with E-state index < -0.39 is 0 Å². The van der Waals surface area contributed by atoms with Crippen molar-refractivity contribution in [3.05, 3.63) is 28.2 Å². The Kier molecular flexibility index (Phi) is 2.79. The zero-order valence-electron chi connectivity index (χ0n) is 8.16. The fourth-order valence-electron chi connectivity index (χ4n) is 1.61. The van der Waals surface area contributed by atoms with E-state index >= 15 is 0 Å². The van der Waals surface area contributed by atoms with Gasteiger partial charge in [0.25, 0.3) is 0 Å². The van der Waals surface area contributed by atoms with Gasteiger partial charge in [0.1, 0.15) is 5.75 Å². The summed E-state index contributed by atoms with van der Waals surface area (Å²) in [6.45, 7) is 0. The molecule has 0 aliphatic heterocycles. The summed E-state index contributed by atoms with van der Waals surface area (Å²) < 4.78 is 6.26. The number of hydrogen-bond acceptors (Lipinski definition) is 2. The molecular weight excluding hydrogens is 242 g/mol. The molecule has 1 fully saturated rings. The molecule has 76 valence electrons. The van der Waals surface area contributed by atoms with Crippen LogP contribution in [0.25, 0.3) is 0 Å². The molecule has 0 aromatic heterocycles. The first-order valence-electron chi connectivity index (χ1n) is 4.81. The lowest BCUT2D eigenvalue weighted by Gasteiger charge is -2.13. The smallest absolute Gasteiger partial charge is 0.119 e. The van der Waals surface area contributed by atoms with Crippen LogP contribution >= 0.6 is 15.9 Å². The fraction of sp³-hybridized carbons (Fsp3) is 0.455. The molecule has 0 bridgehead atoms. The first kappa shape index (κ1) is 9.99. The number of ether oxygens (including phenoxy) is 1. The molecule has 2 N–H and O–H groups in total. The number of hydrogen-bond donors (Lipinski definition) is 1. The normalized spacial score (nSPS) is 17.9. The summed E-state index contributed by atoms with van der Waals surface area (Å²) in [5, 5.41) is 0. The summed E-state index contributed by atoms with van der Waals surface area (Å²) in [7, 11) is 1.68. The van der Waals surface area contributed by atoms with Crippen LogP contribution in [0.15, 0.2) is 22.7 Å². The highest BCUT2D eigenvalue weighted by Gasteiger charge is 2.30. The Balaban J connectivity index is 2.29. The second-order valence-corrected chi connectivity index (χ2v) is 4.60. The molecule has 0 amide bonds. The molecule has 2 nitrogen and oxygen atoms in total. The molecule has 3 heteroatoms. The van der Waals surface area contributed by atoms with Crippen molar-refractivity contribution in [2.45, 2.75) is 18.9 Å². The van der Waals surface area contributed by atoms with Crippen molar-refractivity contribution in [2.24, 2.45) is 11.7 Å². The number of methoxy groups -OCH3 is 1. The molecular formula is C11H14BrNO. The minimum absolute atomic E-state index is 0.152. The topological polar surface area (TPSA) is 35.2 Å². The van der Waals surface area contributed by atoms with Crippen molar-refractivity contribution in [2.75, 3.05) is 7.11 Å². The summed E-state index contributed by atoms with van der Waals surface area (Å²) in [6.07, 6.45) is 2.51. The number of nitrogens with two attached hydrogens (primary N) is 1. The Morgan fingerprint density at radius 1 is 1.50 bits per heavy atom. The van der Waals surface area contributed by atoms with Crippen LogP contribution in [0.4, 0.5) is 0 Å². The highest BCUT2D eigenvalue weighted by Crippen LogP contribution is 2.42. The Morgan fingerprint density at radius 3 is 2.79 bits per heavy atom. The van der Waals surface area contributed by atoms with Gasteiger partial charge in [0.15, 0.2) is 0 Å². The zero-order chi connectivity index (χ0) is 10.1. The molecule has 2 rings (SSSR count). The predicted molar refractivity (Wildman–Crippen MR) is 60.3 cm³/mol. The molecule has 0 spiro atoms. The van der Waals surface area contributed by atoms with Gasteiger partial charge in [-0.15, -0.1) is 0 Å². The van der Waals surface area contributed by atoms with Crippen molar-refractivity contribution in [3.8, 4) is 5.75 Å². The van der Waals surface area contributed by atoms with E-state index in [9.17, 15) is 0 Å². The summed E-state index contributed by atoms with van der Waals surface area (Å²) in [5.74, 6) is 1.54. The molecule has 0 saturated heterocycles. The fourth-order valence-corrected chi connectivity index (χ4v) is 2.12. The van der Waals surface area contributed by atoms with Crippen LogP contribution in [-0.2, 0) is 0 Å². The molecule has 1 aromatic rings. The third kappa shape index (κ3) is 1.93. The van der Waals surface area contributed by atoms with Gasteiger partial charge >= 0.3 is 0 Å². The molecule has 0 heterocycles. The highest BCUT2D eigenvalue weighted by atomic mass is 79.9. The van der Waals surface area contributed by atoms with Crippen LogP contribution in [-0.4, -0.2) is 7.11 Å². The standard InChI is InChI=1S/C11H14BrNO/c1-14-8-4-5-10(12)9(6-8)11(13)7-2-3-7/h4-7,11H,2-3,13H2,1H3/t11-/m0/s1.